The van der Waals surface area contributed by atoms with E-state index < -0.39 is 0 Å². The van der Waals surface area contributed by atoms with Gasteiger partial charge in [0.05, 0.1) is 6.54 Å². The molecule has 0 radical (unpaired) electrons. The van der Waals surface area contributed by atoms with Gasteiger partial charge in [-0.05, 0) is 44.0 Å². The Hall–Kier alpha value is -2.85. The van der Waals surface area contributed by atoms with Crippen LogP contribution in [0.4, 0.5) is 0 Å². The molecule has 0 unspecified atom stereocenters. The number of carbonyl (C=O) groups is 1. The first kappa shape index (κ1) is 20.9. The lowest BCUT2D eigenvalue weighted by molar-refractivity contribution is 0.0736. The second-order valence-corrected chi connectivity index (χ2v) is 7.36. The topological polar surface area (TPSA) is 36.7 Å². The Morgan fingerprint density at radius 1 is 0.793 bits per heavy atom. The molecule has 4 nitrogen and oxygen atoms in total. The van der Waals surface area contributed by atoms with Crippen LogP contribution in [0.15, 0.2) is 71.1 Å². The lowest BCUT2D eigenvalue weighted by Crippen LogP contribution is -2.30. The van der Waals surface area contributed by atoms with E-state index in [0.717, 1.165) is 18.8 Å². The summed E-state index contributed by atoms with van der Waals surface area (Å²) in [6, 6.07) is 22.8. The molecule has 0 saturated carbocycles. The number of furan rings is 1. The zero-order valence-electron chi connectivity index (χ0n) is 17.6. The van der Waals surface area contributed by atoms with Gasteiger partial charge in [0.1, 0.15) is 5.76 Å². The molecule has 0 N–H and O–H groups in total. The zero-order chi connectivity index (χ0) is 20.6. The number of aryl methyl sites for hydroxylation is 1. The number of hydrogen-bond acceptors (Lipinski definition) is 3. The third-order valence-electron chi connectivity index (χ3n) is 5.08. The van der Waals surface area contributed by atoms with E-state index in [0.29, 0.717) is 25.4 Å². The van der Waals surface area contributed by atoms with E-state index in [1.165, 1.54) is 16.7 Å². The van der Waals surface area contributed by atoms with Crippen LogP contribution in [0.25, 0.3) is 0 Å². The van der Waals surface area contributed by atoms with Crippen molar-refractivity contribution in [2.24, 2.45) is 0 Å². The summed E-state index contributed by atoms with van der Waals surface area (Å²) in [5.41, 5.74) is 3.78. The molecular formula is C25H30N2O2. The maximum absolute atomic E-state index is 12.5. The van der Waals surface area contributed by atoms with Gasteiger partial charge in [0.15, 0.2) is 5.76 Å². The summed E-state index contributed by atoms with van der Waals surface area (Å²) in [6.45, 7) is 9.70. The fourth-order valence-electron chi connectivity index (χ4n) is 3.43. The minimum Gasteiger partial charge on any atom is -0.455 e. The van der Waals surface area contributed by atoms with Crippen molar-refractivity contribution in [3.8, 4) is 0 Å². The molecule has 152 valence electrons. The average Bonchev–Trinajstić information content (AvgIpc) is 3.20. The predicted octanol–water partition coefficient (Wildman–Crippen LogP) is 5.27. The van der Waals surface area contributed by atoms with Crippen molar-refractivity contribution in [3.05, 3.63) is 94.9 Å². The van der Waals surface area contributed by atoms with Crippen LogP contribution in [0.2, 0.25) is 0 Å². The van der Waals surface area contributed by atoms with E-state index >= 15 is 0 Å². The molecule has 0 saturated heterocycles. The molecule has 0 aliphatic carbocycles. The van der Waals surface area contributed by atoms with Gasteiger partial charge in [0, 0.05) is 26.2 Å². The number of nitrogens with zero attached hydrogens (tertiary/aromatic N) is 2. The van der Waals surface area contributed by atoms with Crippen LogP contribution in [0, 0.1) is 6.92 Å². The van der Waals surface area contributed by atoms with Crippen molar-refractivity contribution in [2.75, 3.05) is 13.1 Å². The standard InChI is InChI=1S/C25H30N2O2/c1-4-27(5-2)25(28)24-16-15-23(29-24)19-26(17-21-9-7-6-8-10-21)18-22-13-11-20(3)12-14-22/h6-16H,4-5,17-19H2,1-3H3. The number of amides is 1. The van der Waals surface area contributed by atoms with Crippen molar-refractivity contribution in [1.82, 2.24) is 9.80 Å². The highest BCUT2D eigenvalue weighted by atomic mass is 16.4. The molecule has 3 rings (SSSR count). The van der Waals surface area contributed by atoms with Crippen LogP contribution in [-0.4, -0.2) is 28.8 Å². The summed E-state index contributed by atoms with van der Waals surface area (Å²) in [5, 5.41) is 0. The van der Waals surface area contributed by atoms with Crippen LogP contribution in [0.3, 0.4) is 0 Å². The van der Waals surface area contributed by atoms with E-state index in [9.17, 15) is 4.79 Å². The van der Waals surface area contributed by atoms with E-state index in [4.69, 9.17) is 4.42 Å². The molecule has 0 fully saturated rings. The molecule has 0 bridgehead atoms. The molecule has 1 amide bonds. The number of carbonyl (C=O) groups excluding carboxylic acids is 1. The summed E-state index contributed by atoms with van der Waals surface area (Å²) in [6.07, 6.45) is 0. The van der Waals surface area contributed by atoms with Crippen LogP contribution >= 0.6 is 0 Å². The maximum Gasteiger partial charge on any atom is 0.289 e. The van der Waals surface area contributed by atoms with E-state index in [-0.39, 0.29) is 5.91 Å². The van der Waals surface area contributed by atoms with E-state index in [2.05, 4.69) is 60.4 Å². The largest absolute Gasteiger partial charge is 0.455 e. The molecular weight excluding hydrogens is 360 g/mol. The van der Waals surface area contributed by atoms with Gasteiger partial charge in [0.25, 0.3) is 5.91 Å². The average molecular weight is 391 g/mol. The molecule has 0 aliphatic heterocycles. The first-order chi connectivity index (χ1) is 14.1. The summed E-state index contributed by atoms with van der Waals surface area (Å²) in [7, 11) is 0. The molecule has 2 aromatic carbocycles. The normalized spacial score (nSPS) is 11.0. The van der Waals surface area contributed by atoms with Gasteiger partial charge in [-0.3, -0.25) is 9.69 Å². The predicted molar refractivity (Wildman–Crippen MR) is 117 cm³/mol. The summed E-state index contributed by atoms with van der Waals surface area (Å²) >= 11 is 0. The zero-order valence-corrected chi connectivity index (χ0v) is 17.6. The fourth-order valence-corrected chi connectivity index (χ4v) is 3.43. The van der Waals surface area contributed by atoms with Crippen molar-refractivity contribution in [2.45, 2.75) is 40.4 Å². The summed E-state index contributed by atoms with van der Waals surface area (Å²) < 4.78 is 5.92. The van der Waals surface area contributed by atoms with Crippen molar-refractivity contribution >= 4 is 5.91 Å². The molecule has 3 aromatic rings. The Bertz CT molecular complexity index is 896. The fraction of sp³-hybridized carbons (Fsp3) is 0.320. The molecule has 0 atom stereocenters. The van der Waals surface area contributed by atoms with Gasteiger partial charge in [0.2, 0.25) is 0 Å². The van der Waals surface area contributed by atoms with Gasteiger partial charge in [-0.1, -0.05) is 60.2 Å². The molecule has 1 heterocycles. The monoisotopic (exact) mass is 390 g/mol. The van der Waals surface area contributed by atoms with Gasteiger partial charge in [-0.15, -0.1) is 0 Å². The Morgan fingerprint density at radius 3 is 2.03 bits per heavy atom. The number of rotatable bonds is 9. The number of hydrogen-bond donors (Lipinski definition) is 0. The smallest absolute Gasteiger partial charge is 0.289 e. The summed E-state index contributed by atoms with van der Waals surface area (Å²) in [5.74, 6) is 1.18. The van der Waals surface area contributed by atoms with Gasteiger partial charge < -0.3 is 9.32 Å². The Labute approximate surface area is 173 Å². The quantitative estimate of drug-likeness (QED) is 0.499. The lowest BCUT2D eigenvalue weighted by Gasteiger charge is -2.22. The van der Waals surface area contributed by atoms with Crippen molar-refractivity contribution in [1.29, 1.82) is 0 Å². The second-order valence-electron chi connectivity index (χ2n) is 7.36. The second kappa shape index (κ2) is 10.1. The molecule has 0 aliphatic rings. The highest BCUT2D eigenvalue weighted by Gasteiger charge is 2.18. The Balaban J connectivity index is 1.75. The van der Waals surface area contributed by atoms with E-state index in [1.807, 2.05) is 26.0 Å². The summed E-state index contributed by atoms with van der Waals surface area (Å²) in [4.78, 5) is 16.7. The first-order valence-electron chi connectivity index (χ1n) is 10.3. The molecule has 4 heteroatoms. The van der Waals surface area contributed by atoms with Gasteiger partial charge in [-0.25, -0.2) is 0 Å². The molecule has 1 aromatic heterocycles. The number of benzene rings is 2. The molecule has 0 spiro atoms. The lowest BCUT2D eigenvalue weighted by atomic mass is 10.1. The Morgan fingerprint density at radius 2 is 1.41 bits per heavy atom. The van der Waals surface area contributed by atoms with Crippen molar-refractivity contribution < 1.29 is 9.21 Å². The van der Waals surface area contributed by atoms with Crippen LogP contribution in [0.1, 0.15) is 46.9 Å². The highest BCUT2D eigenvalue weighted by Crippen LogP contribution is 2.17. The minimum absolute atomic E-state index is 0.0469. The minimum atomic E-state index is -0.0469. The van der Waals surface area contributed by atoms with Gasteiger partial charge >= 0.3 is 0 Å². The Kier molecular flexibility index (Phi) is 7.25. The maximum atomic E-state index is 12.5. The third kappa shape index (κ3) is 5.81. The molecule has 29 heavy (non-hydrogen) atoms. The van der Waals surface area contributed by atoms with E-state index in [1.54, 1.807) is 11.0 Å². The van der Waals surface area contributed by atoms with Crippen LogP contribution in [-0.2, 0) is 19.6 Å². The van der Waals surface area contributed by atoms with Gasteiger partial charge in [-0.2, -0.15) is 0 Å². The van der Waals surface area contributed by atoms with Crippen LogP contribution < -0.4 is 0 Å². The van der Waals surface area contributed by atoms with Crippen molar-refractivity contribution in [3.63, 3.8) is 0 Å². The third-order valence-corrected chi connectivity index (χ3v) is 5.08. The SMILES string of the molecule is CCN(CC)C(=O)c1ccc(CN(Cc2ccccc2)Cc2ccc(C)cc2)o1. The first-order valence-corrected chi connectivity index (χ1v) is 10.3. The highest BCUT2D eigenvalue weighted by molar-refractivity contribution is 5.91. The van der Waals surface area contributed by atoms with Crippen LogP contribution in [0.5, 0.6) is 0 Å².